The number of nitrogens with zero attached hydrogens (tertiary/aromatic N) is 6. The molecule has 11 nitrogen and oxygen atoms in total. The Hall–Kier alpha value is -4.74. The van der Waals surface area contributed by atoms with Crippen molar-refractivity contribution in [3.8, 4) is 17.4 Å². The molecule has 0 unspecified atom stereocenters. The number of benzene rings is 2. The van der Waals surface area contributed by atoms with Crippen molar-refractivity contribution in [2.75, 3.05) is 19.7 Å². The van der Waals surface area contributed by atoms with Gasteiger partial charge in [-0.05, 0) is 63.8 Å². The van der Waals surface area contributed by atoms with Gasteiger partial charge in [0.1, 0.15) is 22.7 Å². The fourth-order valence-electron chi connectivity index (χ4n) is 6.19. The minimum absolute atomic E-state index is 0.172. The number of hydrogen-bond acceptors (Lipinski definition) is 7. The number of likely N-dealkylation sites (tertiary alicyclic amines) is 1. The minimum atomic E-state index is -0.552. The van der Waals surface area contributed by atoms with Gasteiger partial charge >= 0.3 is 11.8 Å². The molecule has 7 rings (SSSR count). The highest BCUT2D eigenvalue weighted by molar-refractivity contribution is 5.79. The molecule has 3 aromatic heterocycles. The van der Waals surface area contributed by atoms with Gasteiger partial charge in [0, 0.05) is 31.6 Å². The van der Waals surface area contributed by atoms with Gasteiger partial charge in [0.15, 0.2) is 17.3 Å². The number of piperidine rings is 1. The van der Waals surface area contributed by atoms with Gasteiger partial charge in [0.05, 0.1) is 29.9 Å². The number of carbonyl (C=O) groups excluding carboxylic acids is 1. The number of amides is 1. The van der Waals surface area contributed by atoms with E-state index in [-0.39, 0.29) is 29.6 Å². The van der Waals surface area contributed by atoms with Crippen molar-refractivity contribution in [1.29, 1.82) is 0 Å². The number of fused-ring (bicyclic) bond motifs is 3. The molecule has 0 saturated carbocycles. The summed E-state index contributed by atoms with van der Waals surface area (Å²) >= 11 is 0. The number of hydrogen-bond donors (Lipinski definition) is 1. The lowest BCUT2D eigenvalue weighted by atomic mass is 9.97. The summed E-state index contributed by atoms with van der Waals surface area (Å²) in [5, 5.41) is 0. The summed E-state index contributed by atoms with van der Waals surface area (Å²) in [7, 11) is 0. The molecule has 1 amide bonds. The second-order valence-corrected chi connectivity index (χ2v) is 12.5. The average Bonchev–Trinajstić information content (AvgIpc) is 3.54. The van der Waals surface area contributed by atoms with E-state index in [1.807, 2.05) is 45.0 Å². The van der Waals surface area contributed by atoms with E-state index in [1.54, 1.807) is 26.3 Å². The van der Waals surface area contributed by atoms with Crippen molar-refractivity contribution in [2.45, 2.75) is 58.2 Å². The van der Waals surface area contributed by atoms with Crippen molar-refractivity contribution in [2.24, 2.45) is 5.92 Å². The van der Waals surface area contributed by atoms with Gasteiger partial charge in [0.25, 0.3) is 0 Å². The van der Waals surface area contributed by atoms with Gasteiger partial charge in [-0.15, -0.1) is 0 Å². The molecule has 44 heavy (non-hydrogen) atoms. The minimum Gasteiger partial charge on any atom is -0.493 e. The maximum Gasteiger partial charge on any atom is 0.410 e. The Morgan fingerprint density at radius 1 is 1.11 bits per heavy atom. The van der Waals surface area contributed by atoms with E-state index in [0.29, 0.717) is 66.5 Å². The molecule has 5 heterocycles. The molecule has 5 aromatic rings. The zero-order chi connectivity index (χ0) is 30.6. The standard InChI is InChI=1S/C32H34FN7O4/c1-32(2,3)44-31(42)38-13-10-19(11-14-38)18-39-25-17-34-27(28-35-22-9-8-20(33)16-23(22)36-28)37-29(25)40(30(39)41)24-12-15-43-26-7-5-4-6-21(24)26/h4-9,16-17,19,24H,10-15,18H2,1-3H3,(H,35,36)/t24-/m0/s1. The van der Waals surface area contributed by atoms with E-state index in [2.05, 4.69) is 15.0 Å². The van der Waals surface area contributed by atoms with Gasteiger partial charge in [-0.1, -0.05) is 18.2 Å². The molecule has 1 N–H and O–H groups in total. The lowest BCUT2D eigenvalue weighted by Crippen LogP contribution is -2.42. The maximum atomic E-state index is 14.3. The van der Waals surface area contributed by atoms with Crippen LogP contribution in [0.15, 0.2) is 53.5 Å². The van der Waals surface area contributed by atoms with E-state index < -0.39 is 5.60 Å². The van der Waals surface area contributed by atoms with Crippen LogP contribution in [0.1, 0.15) is 51.6 Å². The summed E-state index contributed by atoms with van der Waals surface area (Å²) < 4.78 is 28.8. The third-order valence-corrected chi connectivity index (χ3v) is 8.31. The molecule has 12 heteroatoms. The summed E-state index contributed by atoms with van der Waals surface area (Å²) in [4.78, 5) is 45.8. The quantitative estimate of drug-likeness (QED) is 0.298. The first-order chi connectivity index (χ1) is 21.1. The van der Waals surface area contributed by atoms with E-state index in [1.165, 1.54) is 12.1 Å². The number of aromatic amines is 1. The first-order valence-electron chi connectivity index (χ1n) is 15.0. The highest BCUT2D eigenvalue weighted by atomic mass is 19.1. The first kappa shape index (κ1) is 28.1. The molecule has 0 bridgehead atoms. The molecule has 2 aliphatic heterocycles. The average molecular weight is 600 g/mol. The van der Waals surface area contributed by atoms with Crippen LogP contribution in [0.25, 0.3) is 33.8 Å². The normalized spacial score (nSPS) is 17.5. The number of imidazole rings is 2. The number of nitrogens with one attached hydrogen (secondary N) is 1. The Labute approximate surface area is 252 Å². The summed E-state index contributed by atoms with van der Waals surface area (Å²) in [5.74, 6) is 1.26. The summed E-state index contributed by atoms with van der Waals surface area (Å²) in [6.07, 6.45) is 3.45. The zero-order valence-electron chi connectivity index (χ0n) is 24.9. The Morgan fingerprint density at radius 3 is 2.70 bits per heavy atom. The van der Waals surface area contributed by atoms with E-state index in [4.69, 9.17) is 14.5 Å². The Morgan fingerprint density at radius 2 is 1.91 bits per heavy atom. The monoisotopic (exact) mass is 599 g/mol. The largest absolute Gasteiger partial charge is 0.493 e. The lowest BCUT2D eigenvalue weighted by Gasteiger charge is -2.33. The molecule has 0 radical (unpaired) electrons. The van der Waals surface area contributed by atoms with Gasteiger partial charge in [-0.3, -0.25) is 9.13 Å². The topological polar surface area (TPSA) is 120 Å². The zero-order valence-corrected chi connectivity index (χ0v) is 24.9. The molecule has 1 saturated heterocycles. The number of carbonyl (C=O) groups is 1. The molecule has 0 aliphatic carbocycles. The van der Waals surface area contributed by atoms with Crippen molar-refractivity contribution in [3.05, 3.63) is 70.5 Å². The summed E-state index contributed by atoms with van der Waals surface area (Å²) in [5.41, 5.74) is 2.45. The molecule has 0 spiro atoms. The molecule has 2 aromatic carbocycles. The fourth-order valence-corrected chi connectivity index (χ4v) is 6.19. The smallest absolute Gasteiger partial charge is 0.410 e. The third kappa shape index (κ3) is 5.18. The number of aromatic nitrogens is 6. The van der Waals surface area contributed by atoms with Crippen LogP contribution in [-0.2, 0) is 11.3 Å². The van der Waals surface area contributed by atoms with Gasteiger partial charge in [-0.25, -0.2) is 28.9 Å². The lowest BCUT2D eigenvalue weighted by molar-refractivity contribution is 0.0178. The Balaban J connectivity index is 1.26. The molecular weight excluding hydrogens is 565 g/mol. The predicted molar refractivity (Wildman–Crippen MR) is 162 cm³/mol. The van der Waals surface area contributed by atoms with Gasteiger partial charge in [0.2, 0.25) is 0 Å². The number of H-pyrrole nitrogens is 1. The number of para-hydroxylation sites is 1. The molecule has 1 fully saturated rings. The van der Waals surface area contributed by atoms with Gasteiger partial charge in [-0.2, -0.15) is 0 Å². The molecular formula is C32H34FN7O4. The van der Waals surface area contributed by atoms with Gasteiger partial charge < -0.3 is 19.4 Å². The van der Waals surface area contributed by atoms with Crippen LogP contribution in [0, 0.1) is 11.7 Å². The van der Waals surface area contributed by atoms with Crippen LogP contribution in [0.3, 0.4) is 0 Å². The van der Waals surface area contributed by atoms with Crippen LogP contribution in [0.2, 0.25) is 0 Å². The number of rotatable bonds is 4. The number of ether oxygens (including phenoxy) is 2. The highest BCUT2D eigenvalue weighted by Gasteiger charge is 2.31. The van der Waals surface area contributed by atoms with E-state index in [0.717, 1.165) is 24.2 Å². The second-order valence-electron chi connectivity index (χ2n) is 12.5. The van der Waals surface area contributed by atoms with Crippen LogP contribution >= 0.6 is 0 Å². The number of halogens is 1. The van der Waals surface area contributed by atoms with Crippen LogP contribution < -0.4 is 10.4 Å². The van der Waals surface area contributed by atoms with E-state index >= 15 is 0 Å². The molecule has 228 valence electrons. The first-order valence-corrected chi connectivity index (χ1v) is 15.0. The maximum absolute atomic E-state index is 14.3. The Bertz CT molecular complexity index is 1930. The van der Waals surface area contributed by atoms with Crippen molar-refractivity contribution >= 4 is 28.3 Å². The Kier molecular flexibility index (Phi) is 6.86. The van der Waals surface area contributed by atoms with E-state index in [9.17, 15) is 14.0 Å². The van der Waals surface area contributed by atoms with Crippen LogP contribution in [0.5, 0.6) is 5.75 Å². The van der Waals surface area contributed by atoms with Crippen molar-refractivity contribution in [3.63, 3.8) is 0 Å². The SMILES string of the molecule is CC(C)(C)OC(=O)N1CCC(Cn2c(=O)n([C@H]3CCOc4ccccc43)c3nc(-c4nc5ccc(F)cc5[nH]4)ncc32)CC1. The second kappa shape index (κ2) is 10.8. The third-order valence-electron chi connectivity index (χ3n) is 8.31. The highest BCUT2D eigenvalue weighted by Crippen LogP contribution is 2.36. The van der Waals surface area contributed by atoms with Crippen molar-refractivity contribution in [1.82, 2.24) is 34.0 Å². The predicted octanol–water partition coefficient (Wildman–Crippen LogP) is 5.29. The molecule has 1 atom stereocenters. The fraction of sp³-hybridized carbons (Fsp3) is 0.406. The summed E-state index contributed by atoms with van der Waals surface area (Å²) in [6.45, 7) is 7.65. The van der Waals surface area contributed by atoms with Crippen LogP contribution in [-0.4, -0.2) is 65.4 Å². The summed E-state index contributed by atoms with van der Waals surface area (Å²) in [6, 6.07) is 11.8. The molecule has 2 aliphatic rings. The van der Waals surface area contributed by atoms with Crippen molar-refractivity contribution < 1.29 is 18.7 Å². The van der Waals surface area contributed by atoms with Crippen LogP contribution in [0.4, 0.5) is 9.18 Å².